The minimum Gasteiger partial charge on any atom is -0.459 e. The monoisotopic (exact) mass is 634 g/mol. The highest BCUT2D eigenvalue weighted by Crippen LogP contribution is 2.44. The molecule has 0 saturated heterocycles. The summed E-state index contributed by atoms with van der Waals surface area (Å²) in [5.74, 6) is -14.6. The number of carbonyl (C=O) groups is 2. The average molecular weight is 635 g/mol. The van der Waals surface area contributed by atoms with Gasteiger partial charge in [-0.1, -0.05) is 60.7 Å². The fraction of sp³-hybridized carbons (Fsp3) is 0.250. The van der Waals surface area contributed by atoms with Gasteiger partial charge < -0.3 is 14.8 Å². The summed E-state index contributed by atoms with van der Waals surface area (Å²) < 4.78 is 84.5. The number of nitrogens with one attached hydrogen (secondary N) is 1. The fourth-order valence-electron chi connectivity index (χ4n) is 5.50. The highest BCUT2D eigenvalue weighted by atomic mass is 35.5. The number of dihydropyridines is 1. The smallest absolute Gasteiger partial charge is 0.336 e. The van der Waals surface area contributed by atoms with Crippen LogP contribution in [-0.2, 0) is 25.6 Å². The molecule has 1 unspecified atom stereocenters. The van der Waals surface area contributed by atoms with E-state index < -0.39 is 64.0 Å². The number of benzene rings is 3. The Labute approximate surface area is 256 Å². The maximum Gasteiger partial charge on any atom is 0.336 e. The number of hydrogen-bond acceptors (Lipinski definition) is 6. The van der Waals surface area contributed by atoms with Crippen LogP contribution in [-0.4, -0.2) is 43.5 Å². The normalized spacial score (nSPS) is 17.5. The van der Waals surface area contributed by atoms with E-state index in [2.05, 4.69) is 5.32 Å². The van der Waals surface area contributed by atoms with Crippen molar-refractivity contribution in [2.45, 2.75) is 25.5 Å². The Balaban J connectivity index is 0.00000442. The number of allylic oxidation sites excluding steroid dienone is 1. The number of rotatable bonds is 8. The molecule has 0 aromatic heterocycles. The first-order valence-corrected chi connectivity index (χ1v) is 13.4. The summed E-state index contributed by atoms with van der Waals surface area (Å²) >= 11 is 0. The number of hydrogen-bond donors (Lipinski definition) is 1. The number of ketones is 1. The van der Waals surface area contributed by atoms with Crippen LogP contribution >= 0.6 is 12.4 Å². The summed E-state index contributed by atoms with van der Waals surface area (Å²) in [5, 5.41) is 2.97. The van der Waals surface area contributed by atoms with Crippen LogP contribution in [0.2, 0.25) is 0 Å². The molecule has 12 heteroatoms. The molecule has 44 heavy (non-hydrogen) atoms. The molecule has 0 spiro atoms. The standard InChI is InChI=1S/C32H27F5N2O4.ClH/c1-17-23(32(41)43-16-22(42-2)19-11-7-4-8-12-19)25(26-27(33)29(35)31(37)30(36)28(26)34)24-20(38-17)14-39(15-21(24)40)13-18-9-5-3-6-10-18;/h3-12,22,25,38H,13-16H2,1-2H3;1H/t22?,25-;/m0./s1. The van der Waals surface area contributed by atoms with Gasteiger partial charge in [-0.25, -0.2) is 26.7 Å². The molecule has 6 nitrogen and oxygen atoms in total. The highest BCUT2D eigenvalue weighted by Gasteiger charge is 2.45. The molecule has 3 aromatic carbocycles. The van der Waals surface area contributed by atoms with E-state index in [1.807, 2.05) is 30.3 Å². The van der Waals surface area contributed by atoms with Crippen LogP contribution in [0.3, 0.4) is 0 Å². The van der Waals surface area contributed by atoms with Crippen molar-refractivity contribution < 1.29 is 41.0 Å². The molecular weight excluding hydrogens is 607 g/mol. The number of ether oxygens (including phenoxy) is 2. The number of halogens is 6. The Kier molecular flexibility index (Phi) is 10.2. The Morgan fingerprint density at radius 2 is 1.48 bits per heavy atom. The topological polar surface area (TPSA) is 67.9 Å². The van der Waals surface area contributed by atoms with E-state index in [1.54, 1.807) is 35.2 Å². The maximum absolute atomic E-state index is 15.3. The number of Topliss-reactive ketones (excluding diaryl/α,β-unsaturated/α-hetero) is 1. The van der Waals surface area contributed by atoms with E-state index in [9.17, 15) is 22.8 Å². The first-order valence-electron chi connectivity index (χ1n) is 13.4. The van der Waals surface area contributed by atoms with Crippen LogP contribution in [0, 0.1) is 29.1 Å². The first kappa shape index (κ1) is 32.8. The average Bonchev–Trinajstić information content (AvgIpc) is 3.00. The molecule has 1 N–H and O–H groups in total. The highest BCUT2D eigenvalue weighted by molar-refractivity contribution is 6.04. The van der Waals surface area contributed by atoms with Gasteiger partial charge in [0, 0.05) is 42.7 Å². The Morgan fingerprint density at radius 1 is 0.909 bits per heavy atom. The molecule has 5 rings (SSSR count). The van der Waals surface area contributed by atoms with Crippen molar-refractivity contribution in [3.05, 3.63) is 129 Å². The van der Waals surface area contributed by atoms with Gasteiger partial charge in [-0.15, -0.1) is 12.4 Å². The molecule has 0 amide bonds. The molecule has 0 fully saturated rings. The summed E-state index contributed by atoms with van der Waals surface area (Å²) in [7, 11) is 1.40. The fourth-order valence-corrected chi connectivity index (χ4v) is 5.50. The van der Waals surface area contributed by atoms with Gasteiger partial charge in [0.2, 0.25) is 5.82 Å². The van der Waals surface area contributed by atoms with Gasteiger partial charge in [0.15, 0.2) is 29.1 Å². The number of carbonyl (C=O) groups excluding carboxylic acids is 2. The number of nitrogens with zero attached hydrogens (tertiary/aromatic N) is 1. The minimum absolute atomic E-state index is 0. The minimum atomic E-state index is -2.35. The van der Waals surface area contributed by atoms with Crippen LogP contribution in [0.25, 0.3) is 0 Å². The molecule has 2 heterocycles. The van der Waals surface area contributed by atoms with Crippen molar-refractivity contribution in [2.75, 3.05) is 26.8 Å². The third-order valence-corrected chi connectivity index (χ3v) is 7.52. The zero-order chi connectivity index (χ0) is 30.8. The van der Waals surface area contributed by atoms with E-state index in [-0.39, 0.29) is 49.1 Å². The zero-order valence-electron chi connectivity index (χ0n) is 23.6. The van der Waals surface area contributed by atoms with E-state index in [0.717, 1.165) is 5.56 Å². The van der Waals surface area contributed by atoms with Crippen LogP contribution in [0.15, 0.2) is 83.2 Å². The maximum atomic E-state index is 15.3. The third-order valence-electron chi connectivity index (χ3n) is 7.52. The van der Waals surface area contributed by atoms with Gasteiger partial charge in [0.1, 0.15) is 12.7 Å². The predicted molar refractivity (Wildman–Crippen MR) is 153 cm³/mol. The molecule has 232 valence electrons. The molecular formula is C32H28ClF5N2O4. The Bertz CT molecular complexity index is 1600. The number of esters is 1. The molecule has 2 aliphatic heterocycles. The van der Waals surface area contributed by atoms with E-state index in [1.165, 1.54) is 14.0 Å². The lowest BCUT2D eigenvalue weighted by Crippen LogP contribution is -2.45. The van der Waals surface area contributed by atoms with Crippen molar-refractivity contribution in [2.24, 2.45) is 0 Å². The van der Waals surface area contributed by atoms with Crippen LogP contribution < -0.4 is 5.32 Å². The zero-order valence-corrected chi connectivity index (χ0v) is 24.5. The van der Waals surface area contributed by atoms with E-state index in [4.69, 9.17) is 9.47 Å². The van der Waals surface area contributed by atoms with Gasteiger partial charge in [0.25, 0.3) is 0 Å². The van der Waals surface area contributed by atoms with Gasteiger partial charge >= 0.3 is 5.97 Å². The molecule has 0 aliphatic carbocycles. The summed E-state index contributed by atoms with van der Waals surface area (Å²) in [6.07, 6.45) is -0.715. The molecule has 3 aromatic rings. The first-order chi connectivity index (χ1) is 20.6. The lowest BCUT2D eigenvalue weighted by atomic mass is 9.76. The van der Waals surface area contributed by atoms with E-state index >= 15 is 8.78 Å². The predicted octanol–water partition coefficient (Wildman–Crippen LogP) is 6.03. The molecule has 2 aliphatic rings. The molecule has 0 radical (unpaired) electrons. The quantitative estimate of drug-likeness (QED) is 0.141. The molecule has 2 atom stereocenters. The second kappa shape index (κ2) is 13.7. The van der Waals surface area contributed by atoms with Gasteiger partial charge in [-0.05, 0) is 18.1 Å². The van der Waals surface area contributed by atoms with Crippen LogP contribution in [0.1, 0.15) is 35.6 Å². The van der Waals surface area contributed by atoms with Crippen molar-refractivity contribution in [1.29, 1.82) is 0 Å². The summed E-state index contributed by atoms with van der Waals surface area (Å²) in [5.41, 5.74) is -0.212. The second-order valence-electron chi connectivity index (χ2n) is 10.3. The summed E-state index contributed by atoms with van der Waals surface area (Å²) in [4.78, 5) is 28.9. The lowest BCUT2D eigenvalue weighted by molar-refractivity contribution is -0.143. The molecule has 0 bridgehead atoms. The second-order valence-corrected chi connectivity index (χ2v) is 10.3. The molecule has 0 saturated carbocycles. The Hall–Kier alpha value is -4.06. The van der Waals surface area contributed by atoms with Crippen molar-refractivity contribution in [3.8, 4) is 0 Å². The van der Waals surface area contributed by atoms with Crippen molar-refractivity contribution in [1.82, 2.24) is 10.2 Å². The van der Waals surface area contributed by atoms with Crippen LogP contribution in [0.5, 0.6) is 0 Å². The SMILES string of the molecule is COC(COC(=O)C1=C(C)NC2=C(C(=O)CN(Cc3ccccc3)C2)[C@H]1c1c(F)c(F)c(F)c(F)c1F)c1ccccc1.Cl. The Morgan fingerprint density at radius 3 is 2.07 bits per heavy atom. The summed E-state index contributed by atoms with van der Waals surface area (Å²) in [6.45, 7) is 1.30. The lowest BCUT2D eigenvalue weighted by Gasteiger charge is -2.38. The summed E-state index contributed by atoms with van der Waals surface area (Å²) in [6, 6.07) is 18.0. The van der Waals surface area contributed by atoms with Crippen LogP contribution in [0.4, 0.5) is 22.0 Å². The van der Waals surface area contributed by atoms with E-state index in [0.29, 0.717) is 12.1 Å². The van der Waals surface area contributed by atoms with Gasteiger partial charge in [0.05, 0.1) is 18.0 Å². The third kappa shape index (κ3) is 6.26. The van der Waals surface area contributed by atoms with Gasteiger partial charge in [-0.2, -0.15) is 0 Å². The van der Waals surface area contributed by atoms with Crippen molar-refractivity contribution in [3.63, 3.8) is 0 Å². The van der Waals surface area contributed by atoms with Crippen molar-refractivity contribution >= 4 is 24.2 Å². The largest absolute Gasteiger partial charge is 0.459 e. The number of methoxy groups -OCH3 is 1. The van der Waals surface area contributed by atoms with Gasteiger partial charge in [-0.3, -0.25) is 9.69 Å².